The molecule has 31 heavy (non-hydrogen) atoms. The van der Waals surface area contributed by atoms with Crippen LogP contribution in [0.25, 0.3) is 0 Å². The maximum absolute atomic E-state index is 12.7. The van der Waals surface area contributed by atoms with Crippen LogP contribution in [0.2, 0.25) is 5.02 Å². The van der Waals surface area contributed by atoms with Crippen LogP contribution in [0.4, 0.5) is 0 Å². The fourth-order valence-corrected chi connectivity index (χ4v) is 4.38. The Kier molecular flexibility index (Phi) is 8.68. The van der Waals surface area contributed by atoms with Gasteiger partial charge >= 0.3 is 0 Å². The summed E-state index contributed by atoms with van der Waals surface area (Å²) in [6.45, 7) is 5.06. The summed E-state index contributed by atoms with van der Waals surface area (Å²) in [6.07, 6.45) is 5.10. The van der Waals surface area contributed by atoms with E-state index >= 15 is 0 Å². The SMILES string of the molecule is CC(=O)N1CCc2ccc(C(=O)CCCCN(C)CCc3ccccc3Cl)cc2CC1. The van der Waals surface area contributed by atoms with Crippen LogP contribution in [0.15, 0.2) is 42.5 Å². The molecule has 0 saturated heterocycles. The van der Waals surface area contributed by atoms with E-state index in [0.717, 1.165) is 68.9 Å². The first kappa shape index (κ1) is 23.5. The number of amides is 1. The molecule has 0 spiro atoms. The first-order chi connectivity index (χ1) is 14.9. The predicted molar refractivity (Wildman–Crippen MR) is 127 cm³/mol. The molecule has 1 aliphatic rings. The Morgan fingerprint density at radius 3 is 2.48 bits per heavy atom. The molecule has 2 aromatic carbocycles. The van der Waals surface area contributed by atoms with Gasteiger partial charge in [-0.1, -0.05) is 41.9 Å². The summed E-state index contributed by atoms with van der Waals surface area (Å²) in [4.78, 5) is 28.5. The average Bonchev–Trinajstić information content (AvgIpc) is 2.98. The van der Waals surface area contributed by atoms with Gasteiger partial charge in [-0.2, -0.15) is 0 Å². The first-order valence-electron chi connectivity index (χ1n) is 11.3. The highest BCUT2D eigenvalue weighted by atomic mass is 35.5. The van der Waals surface area contributed by atoms with Crippen molar-refractivity contribution in [1.29, 1.82) is 0 Å². The number of benzene rings is 2. The minimum absolute atomic E-state index is 0.126. The second-order valence-corrected chi connectivity index (χ2v) is 8.92. The lowest BCUT2D eigenvalue weighted by Crippen LogP contribution is -2.30. The average molecular weight is 441 g/mol. The van der Waals surface area contributed by atoms with Gasteiger partial charge in [0.25, 0.3) is 0 Å². The molecule has 0 unspecified atom stereocenters. The van der Waals surface area contributed by atoms with Crippen molar-refractivity contribution in [3.05, 3.63) is 69.7 Å². The molecule has 0 bridgehead atoms. The fraction of sp³-hybridized carbons (Fsp3) is 0.462. The number of unbranched alkanes of at least 4 members (excludes halogenated alkanes) is 1. The molecule has 0 aliphatic carbocycles. The number of halogens is 1. The van der Waals surface area contributed by atoms with E-state index in [4.69, 9.17) is 11.6 Å². The monoisotopic (exact) mass is 440 g/mol. The summed E-state index contributed by atoms with van der Waals surface area (Å²) >= 11 is 6.23. The highest BCUT2D eigenvalue weighted by molar-refractivity contribution is 6.31. The lowest BCUT2D eigenvalue weighted by atomic mass is 9.97. The van der Waals surface area contributed by atoms with E-state index in [1.54, 1.807) is 6.92 Å². The van der Waals surface area contributed by atoms with Crippen LogP contribution in [-0.4, -0.2) is 54.7 Å². The summed E-state index contributed by atoms with van der Waals surface area (Å²) in [6, 6.07) is 14.1. The quantitative estimate of drug-likeness (QED) is 0.414. The highest BCUT2D eigenvalue weighted by Gasteiger charge is 2.17. The standard InChI is InChI=1S/C26H33ClN2O2/c1-20(30)29-17-13-21-10-11-24(19-23(21)14-18-29)26(31)9-5-6-15-28(2)16-12-22-7-3-4-8-25(22)27/h3-4,7-8,10-11,19H,5-6,9,12-18H2,1-2H3. The lowest BCUT2D eigenvalue weighted by Gasteiger charge is -2.17. The second-order valence-electron chi connectivity index (χ2n) is 8.51. The number of fused-ring (bicyclic) bond motifs is 1. The largest absolute Gasteiger partial charge is 0.342 e. The zero-order valence-corrected chi connectivity index (χ0v) is 19.5. The topological polar surface area (TPSA) is 40.6 Å². The number of rotatable bonds is 9. The Morgan fingerprint density at radius 2 is 1.74 bits per heavy atom. The minimum Gasteiger partial charge on any atom is -0.342 e. The molecule has 0 N–H and O–H groups in total. The number of carbonyl (C=O) groups excluding carboxylic acids is 2. The van der Waals surface area contributed by atoms with Gasteiger partial charge in [0.2, 0.25) is 5.91 Å². The molecular weight excluding hydrogens is 408 g/mol. The normalized spacial score (nSPS) is 13.7. The van der Waals surface area contributed by atoms with Crippen LogP contribution in [0.3, 0.4) is 0 Å². The minimum atomic E-state index is 0.126. The lowest BCUT2D eigenvalue weighted by molar-refractivity contribution is -0.128. The van der Waals surface area contributed by atoms with Gasteiger partial charge < -0.3 is 9.80 Å². The molecule has 5 heteroatoms. The Hall–Kier alpha value is -2.17. The Morgan fingerprint density at radius 1 is 1.00 bits per heavy atom. The van der Waals surface area contributed by atoms with Crippen molar-refractivity contribution in [3.8, 4) is 0 Å². The van der Waals surface area contributed by atoms with Crippen LogP contribution >= 0.6 is 11.6 Å². The summed E-state index contributed by atoms with van der Waals surface area (Å²) in [5.74, 6) is 0.343. The number of likely N-dealkylation sites (N-methyl/N-ethyl adjacent to an activating group) is 1. The van der Waals surface area contributed by atoms with Gasteiger partial charge in [-0.3, -0.25) is 9.59 Å². The smallest absolute Gasteiger partial charge is 0.219 e. The Labute approximate surface area is 191 Å². The van der Waals surface area contributed by atoms with Gasteiger partial charge in [0.1, 0.15) is 0 Å². The van der Waals surface area contributed by atoms with Gasteiger partial charge in [0.05, 0.1) is 0 Å². The van der Waals surface area contributed by atoms with E-state index < -0.39 is 0 Å². The zero-order valence-electron chi connectivity index (χ0n) is 18.7. The van der Waals surface area contributed by atoms with Crippen LogP contribution in [-0.2, 0) is 24.1 Å². The molecule has 3 rings (SSSR count). The summed E-state index contributed by atoms with van der Waals surface area (Å²) in [7, 11) is 2.12. The van der Waals surface area contributed by atoms with Crippen molar-refractivity contribution in [2.24, 2.45) is 0 Å². The van der Waals surface area contributed by atoms with Gasteiger partial charge in [-0.05, 0) is 74.5 Å². The van der Waals surface area contributed by atoms with Crippen LogP contribution in [0.1, 0.15) is 53.2 Å². The molecule has 0 radical (unpaired) electrons. The van der Waals surface area contributed by atoms with E-state index in [0.29, 0.717) is 6.42 Å². The van der Waals surface area contributed by atoms with Crippen molar-refractivity contribution in [3.63, 3.8) is 0 Å². The van der Waals surface area contributed by atoms with E-state index in [9.17, 15) is 9.59 Å². The zero-order chi connectivity index (χ0) is 22.2. The highest BCUT2D eigenvalue weighted by Crippen LogP contribution is 2.20. The van der Waals surface area contributed by atoms with Gasteiger partial charge in [-0.25, -0.2) is 0 Å². The van der Waals surface area contributed by atoms with Crippen molar-refractivity contribution >= 4 is 23.3 Å². The third-order valence-corrected chi connectivity index (χ3v) is 6.56. The first-order valence-corrected chi connectivity index (χ1v) is 11.6. The molecule has 0 aromatic heterocycles. The van der Waals surface area contributed by atoms with Crippen LogP contribution < -0.4 is 0 Å². The van der Waals surface area contributed by atoms with E-state index in [1.807, 2.05) is 29.2 Å². The number of ketones is 1. The fourth-order valence-electron chi connectivity index (χ4n) is 4.15. The molecule has 1 aliphatic heterocycles. The van der Waals surface area contributed by atoms with E-state index in [2.05, 4.69) is 30.1 Å². The van der Waals surface area contributed by atoms with Gasteiger partial charge in [-0.15, -0.1) is 0 Å². The number of carbonyl (C=O) groups is 2. The number of hydrogen-bond donors (Lipinski definition) is 0. The van der Waals surface area contributed by atoms with Crippen molar-refractivity contribution in [2.45, 2.75) is 45.4 Å². The maximum atomic E-state index is 12.7. The van der Waals surface area contributed by atoms with Crippen molar-refractivity contribution in [2.75, 3.05) is 33.2 Å². The molecule has 166 valence electrons. The summed E-state index contributed by atoms with van der Waals surface area (Å²) in [5, 5.41) is 0.830. The van der Waals surface area contributed by atoms with Gasteiger partial charge in [0.15, 0.2) is 5.78 Å². The van der Waals surface area contributed by atoms with Crippen LogP contribution in [0, 0.1) is 0 Å². The Balaban J connectivity index is 1.41. The Bertz CT molecular complexity index is 912. The number of nitrogens with zero attached hydrogens (tertiary/aromatic N) is 2. The third kappa shape index (κ3) is 6.91. The molecule has 1 heterocycles. The molecule has 2 aromatic rings. The van der Waals surface area contributed by atoms with Gasteiger partial charge in [0, 0.05) is 43.6 Å². The summed E-state index contributed by atoms with van der Waals surface area (Å²) in [5.41, 5.74) is 4.47. The molecule has 0 saturated carbocycles. The number of hydrogen-bond acceptors (Lipinski definition) is 3. The molecule has 0 atom stereocenters. The van der Waals surface area contributed by atoms with Crippen LogP contribution in [0.5, 0.6) is 0 Å². The molecule has 0 fully saturated rings. The van der Waals surface area contributed by atoms with Crippen molar-refractivity contribution < 1.29 is 9.59 Å². The molecule has 4 nitrogen and oxygen atoms in total. The third-order valence-electron chi connectivity index (χ3n) is 6.19. The van der Waals surface area contributed by atoms with E-state index in [1.165, 1.54) is 16.7 Å². The van der Waals surface area contributed by atoms with Crippen molar-refractivity contribution in [1.82, 2.24) is 9.80 Å². The summed E-state index contributed by atoms with van der Waals surface area (Å²) < 4.78 is 0. The molecule has 1 amide bonds. The second kappa shape index (κ2) is 11.4. The predicted octanol–water partition coefficient (Wildman–Crippen LogP) is 4.81. The maximum Gasteiger partial charge on any atom is 0.219 e. The van der Waals surface area contributed by atoms with E-state index in [-0.39, 0.29) is 11.7 Å². The number of Topliss-reactive ketones (excluding diaryl/α,β-unsaturated/α-hetero) is 1. The molecular formula is C26H33ClN2O2.